The van der Waals surface area contributed by atoms with E-state index in [9.17, 15) is 4.39 Å². The van der Waals surface area contributed by atoms with Crippen LogP contribution in [0.1, 0.15) is 0 Å². The molecule has 0 unspecified atom stereocenters. The molecule has 0 bridgehead atoms. The second-order valence-corrected chi connectivity index (χ2v) is 2.66. The standard InChI is InChI=1S/C3H2FIN2S/c4-2-1-3(5)7(8)6-2/h1,8H. The van der Waals surface area contributed by atoms with Crippen molar-refractivity contribution in [2.24, 2.45) is 0 Å². The first-order valence-corrected chi connectivity index (χ1v) is 3.28. The van der Waals surface area contributed by atoms with Gasteiger partial charge in [-0.25, -0.2) is 4.09 Å². The molecular weight excluding hydrogens is 242 g/mol. The number of hydrogen-bond acceptors (Lipinski definition) is 2. The third kappa shape index (κ3) is 1.13. The van der Waals surface area contributed by atoms with Gasteiger partial charge in [0.25, 0.3) is 0 Å². The quantitative estimate of drug-likeness (QED) is 0.538. The van der Waals surface area contributed by atoms with Gasteiger partial charge in [-0.15, -0.1) is 5.10 Å². The maximum Gasteiger partial charge on any atom is 0.234 e. The summed E-state index contributed by atoms with van der Waals surface area (Å²) in [4.78, 5) is 0. The van der Waals surface area contributed by atoms with E-state index in [2.05, 4.69) is 17.9 Å². The van der Waals surface area contributed by atoms with Crippen molar-refractivity contribution in [3.63, 3.8) is 0 Å². The minimum atomic E-state index is -0.496. The van der Waals surface area contributed by atoms with Gasteiger partial charge in [0.2, 0.25) is 5.95 Å². The van der Waals surface area contributed by atoms with E-state index in [0.29, 0.717) is 3.70 Å². The smallest absolute Gasteiger partial charge is 0.201 e. The van der Waals surface area contributed by atoms with Crippen LogP contribution in [0.5, 0.6) is 0 Å². The van der Waals surface area contributed by atoms with E-state index >= 15 is 0 Å². The van der Waals surface area contributed by atoms with Gasteiger partial charge < -0.3 is 0 Å². The molecule has 2 nitrogen and oxygen atoms in total. The summed E-state index contributed by atoms with van der Waals surface area (Å²) in [6.07, 6.45) is 0. The summed E-state index contributed by atoms with van der Waals surface area (Å²) < 4.78 is 13.8. The largest absolute Gasteiger partial charge is 0.234 e. The SMILES string of the molecule is Fc1cc(I)n(S)n1. The summed E-state index contributed by atoms with van der Waals surface area (Å²) in [6, 6.07) is 1.30. The number of rotatable bonds is 0. The van der Waals surface area contributed by atoms with E-state index in [1.165, 1.54) is 10.2 Å². The first-order valence-electron chi connectivity index (χ1n) is 1.80. The van der Waals surface area contributed by atoms with Crippen molar-refractivity contribution in [2.75, 3.05) is 0 Å². The van der Waals surface area contributed by atoms with Crippen LogP contribution in [-0.2, 0) is 0 Å². The molecule has 5 heteroatoms. The number of nitrogens with zero attached hydrogens (tertiary/aromatic N) is 2. The van der Waals surface area contributed by atoms with Crippen molar-refractivity contribution in [1.29, 1.82) is 0 Å². The van der Waals surface area contributed by atoms with Gasteiger partial charge in [-0.3, -0.25) is 0 Å². The molecule has 0 atom stereocenters. The number of hydrogen-bond donors (Lipinski definition) is 1. The van der Waals surface area contributed by atoms with E-state index in [1.807, 2.05) is 22.6 Å². The average molecular weight is 244 g/mol. The molecule has 0 saturated heterocycles. The minimum absolute atomic E-state index is 0.496. The van der Waals surface area contributed by atoms with Crippen molar-refractivity contribution >= 4 is 35.4 Å². The Balaban J connectivity index is 3.14. The van der Waals surface area contributed by atoms with Gasteiger partial charge in [0.05, 0.1) is 0 Å². The number of halogens is 2. The molecule has 1 aromatic heterocycles. The monoisotopic (exact) mass is 244 g/mol. The molecule has 0 N–H and O–H groups in total. The number of aromatic nitrogens is 2. The van der Waals surface area contributed by atoms with Gasteiger partial charge in [0.1, 0.15) is 3.70 Å². The predicted octanol–water partition coefficient (Wildman–Crippen LogP) is 1.32. The molecule has 8 heavy (non-hydrogen) atoms. The van der Waals surface area contributed by atoms with Crippen molar-refractivity contribution in [3.05, 3.63) is 15.7 Å². The molecule has 0 aromatic carbocycles. The summed E-state index contributed by atoms with van der Waals surface area (Å²) in [5.41, 5.74) is 0. The molecule has 0 aliphatic heterocycles. The summed E-state index contributed by atoms with van der Waals surface area (Å²) >= 11 is 5.71. The van der Waals surface area contributed by atoms with Crippen LogP contribution in [0.3, 0.4) is 0 Å². The molecule has 0 fully saturated rings. The van der Waals surface area contributed by atoms with Crippen LogP contribution in [0.25, 0.3) is 0 Å². The number of thiol groups is 1. The molecular formula is C3H2FIN2S. The Morgan fingerprint density at radius 2 is 2.50 bits per heavy atom. The highest BCUT2D eigenvalue weighted by Crippen LogP contribution is 2.06. The maximum absolute atomic E-state index is 12.0. The van der Waals surface area contributed by atoms with Crippen molar-refractivity contribution < 1.29 is 4.39 Å². The van der Waals surface area contributed by atoms with Gasteiger partial charge in [-0.1, -0.05) is 0 Å². The summed E-state index contributed by atoms with van der Waals surface area (Å²) in [6.45, 7) is 0. The predicted molar refractivity (Wildman–Crippen MR) is 39.3 cm³/mol. The van der Waals surface area contributed by atoms with E-state index in [0.717, 1.165) is 0 Å². The van der Waals surface area contributed by atoms with Crippen LogP contribution in [-0.4, -0.2) is 9.19 Å². The van der Waals surface area contributed by atoms with Crippen LogP contribution in [0.2, 0.25) is 0 Å². The Labute approximate surface area is 64.8 Å². The zero-order chi connectivity index (χ0) is 6.15. The third-order valence-electron chi connectivity index (χ3n) is 0.620. The lowest BCUT2D eigenvalue weighted by Crippen LogP contribution is -1.83. The summed E-state index contributed by atoms with van der Waals surface area (Å²) in [5, 5.41) is 3.32. The summed E-state index contributed by atoms with van der Waals surface area (Å²) in [5.74, 6) is -0.496. The molecule has 0 amide bonds. The zero-order valence-electron chi connectivity index (χ0n) is 3.67. The molecule has 0 saturated carbocycles. The lowest BCUT2D eigenvalue weighted by Gasteiger charge is -1.82. The molecule has 0 aliphatic rings. The van der Waals surface area contributed by atoms with Crippen molar-refractivity contribution in [3.8, 4) is 0 Å². The third-order valence-corrected chi connectivity index (χ3v) is 2.07. The van der Waals surface area contributed by atoms with E-state index in [-0.39, 0.29) is 0 Å². The Kier molecular flexibility index (Phi) is 1.76. The maximum atomic E-state index is 12.0. The van der Waals surface area contributed by atoms with Gasteiger partial charge in [-0.2, -0.15) is 4.39 Å². The molecule has 0 radical (unpaired) electrons. The highest BCUT2D eigenvalue weighted by Gasteiger charge is 1.98. The molecule has 0 spiro atoms. The van der Waals surface area contributed by atoms with Crippen molar-refractivity contribution in [2.45, 2.75) is 0 Å². The topological polar surface area (TPSA) is 17.8 Å². The van der Waals surface area contributed by atoms with Crippen LogP contribution < -0.4 is 0 Å². The Morgan fingerprint density at radius 3 is 2.62 bits per heavy atom. The first-order chi connectivity index (χ1) is 3.70. The fourth-order valence-electron chi connectivity index (χ4n) is 0.323. The Morgan fingerprint density at radius 1 is 1.88 bits per heavy atom. The Bertz CT molecular complexity index is 180. The lowest BCUT2D eigenvalue weighted by molar-refractivity contribution is 0.575. The second-order valence-electron chi connectivity index (χ2n) is 1.18. The van der Waals surface area contributed by atoms with Crippen LogP contribution in [0.15, 0.2) is 6.07 Å². The zero-order valence-corrected chi connectivity index (χ0v) is 6.73. The first kappa shape index (κ1) is 6.34. The second kappa shape index (κ2) is 2.22. The molecule has 44 valence electrons. The fourth-order valence-corrected chi connectivity index (χ4v) is 0.831. The van der Waals surface area contributed by atoms with Crippen molar-refractivity contribution in [1.82, 2.24) is 9.19 Å². The normalized spacial score (nSPS) is 9.88. The van der Waals surface area contributed by atoms with E-state index < -0.39 is 5.95 Å². The lowest BCUT2D eigenvalue weighted by atomic mass is 10.7. The summed E-state index contributed by atoms with van der Waals surface area (Å²) in [7, 11) is 0. The molecule has 1 heterocycles. The molecule has 0 aliphatic carbocycles. The van der Waals surface area contributed by atoms with Gasteiger partial charge in [0.15, 0.2) is 0 Å². The molecule has 1 aromatic rings. The minimum Gasteiger partial charge on any atom is -0.201 e. The molecule has 1 rings (SSSR count). The highest BCUT2D eigenvalue weighted by molar-refractivity contribution is 14.1. The van der Waals surface area contributed by atoms with Gasteiger partial charge in [-0.05, 0) is 35.4 Å². The Hall–Kier alpha value is 0.220. The van der Waals surface area contributed by atoms with E-state index in [1.54, 1.807) is 0 Å². The van der Waals surface area contributed by atoms with Gasteiger partial charge in [0, 0.05) is 6.07 Å². The van der Waals surface area contributed by atoms with Gasteiger partial charge >= 0.3 is 0 Å². The fraction of sp³-hybridized carbons (Fsp3) is 0. The van der Waals surface area contributed by atoms with E-state index in [4.69, 9.17) is 0 Å². The van der Waals surface area contributed by atoms with Crippen LogP contribution in [0, 0.1) is 9.65 Å². The highest BCUT2D eigenvalue weighted by atomic mass is 127. The van der Waals surface area contributed by atoms with Crippen LogP contribution in [0.4, 0.5) is 4.39 Å². The van der Waals surface area contributed by atoms with Crippen LogP contribution >= 0.6 is 35.4 Å². The average Bonchev–Trinajstić information content (AvgIpc) is 1.85.